The molecule has 0 aromatic carbocycles. The van der Waals surface area contributed by atoms with Gasteiger partial charge in [0.05, 0.1) is 5.92 Å². The molecule has 3 N–H and O–H groups in total. The fraction of sp³-hybridized carbons (Fsp3) is 0.833. The molecule has 0 radical (unpaired) electrons. The first-order chi connectivity index (χ1) is 3.85. The normalized spacial score (nSPS) is 13.6. The van der Waals surface area contributed by atoms with Crippen LogP contribution in [0.2, 0.25) is 0 Å². The van der Waals surface area contributed by atoms with Crippen LogP contribution in [0.3, 0.4) is 0 Å². The van der Waals surface area contributed by atoms with Crippen molar-refractivity contribution in [2.24, 2.45) is 11.7 Å². The minimum atomic E-state index is -0.845. The van der Waals surface area contributed by atoms with Crippen LogP contribution in [0.25, 0.3) is 0 Å². The average molecular weight is 168 g/mol. The van der Waals surface area contributed by atoms with Crippen LogP contribution in [0.15, 0.2) is 0 Å². The summed E-state index contributed by atoms with van der Waals surface area (Å²) >= 11 is 0. The number of aliphatic carboxylic acids is 1. The maximum absolute atomic E-state index is 10.3. The zero-order chi connectivity index (χ0) is 7.65. The SMILES string of the molecule is CC(C(=O)O)C(C)(C)N.Cl. The Hall–Kier alpha value is -0.280. The largest absolute Gasteiger partial charge is 0.481 e. The first-order valence-electron chi connectivity index (χ1n) is 2.87. The van der Waals surface area contributed by atoms with Crippen molar-refractivity contribution in [1.82, 2.24) is 0 Å². The van der Waals surface area contributed by atoms with Crippen LogP contribution in [-0.4, -0.2) is 16.6 Å². The van der Waals surface area contributed by atoms with Crippen molar-refractivity contribution < 1.29 is 9.90 Å². The molecule has 0 rings (SSSR count). The Morgan fingerprint density at radius 1 is 1.60 bits per heavy atom. The Morgan fingerprint density at radius 3 is 1.90 bits per heavy atom. The van der Waals surface area contributed by atoms with Gasteiger partial charge in [-0.05, 0) is 13.8 Å². The van der Waals surface area contributed by atoms with E-state index in [1.54, 1.807) is 20.8 Å². The lowest BCUT2D eigenvalue weighted by atomic mass is 9.91. The molecule has 3 nitrogen and oxygen atoms in total. The first kappa shape index (κ1) is 12.4. The van der Waals surface area contributed by atoms with Crippen molar-refractivity contribution in [2.75, 3.05) is 0 Å². The molecule has 4 heteroatoms. The van der Waals surface area contributed by atoms with Gasteiger partial charge in [-0.25, -0.2) is 0 Å². The number of nitrogens with two attached hydrogens (primary N) is 1. The van der Waals surface area contributed by atoms with E-state index in [1.807, 2.05) is 0 Å². The van der Waals surface area contributed by atoms with Gasteiger partial charge < -0.3 is 10.8 Å². The van der Waals surface area contributed by atoms with Crippen molar-refractivity contribution in [1.29, 1.82) is 0 Å². The number of hydrogen-bond acceptors (Lipinski definition) is 2. The number of carboxylic acids is 1. The van der Waals surface area contributed by atoms with Gasteiger partial charge >= 0.3 is 5.97 Å². The van der Waals surface area contributed by atoms with Crippen LogP contribution < -0.4 is 5.73 Å². The highest BCUT2D eigenvalue weighted by Crippen LogP contribution is 2.11. The summed E-state index contributed by atoms with van der Waals surface area (Å²) in [7, 11) is 0. The molecule has 1 atom stereocenters. The zero-order valence-electron chi connectivity index (χ0n) is 6.42. The lowest BCUT2D eigenvalue weighted by molar-refractivity contribution is -0.142. The van der Waals surface area contributed by atoms with Gasteiger partial charge in [0.25, 0.3) is 0 Å². The molecule has 0 amide bonds. The number of halogens is 1. The van der Waals surface area contributed by atoms with E-state index in [-0.39, 0.29) is 12.4 Å². The molecular weight excluding hydrogens is 154 g/mol. The summed E-state index contributed by atoms with van der Waals surface area (Å²) in [5.74, 6) is -1.33. The van der Waals surface area contributed by atoms with Gasteiger partial charge in [-0.15, -0.1) is 12.4 Å². The van der Waals surface area contributed by atoms with Crippen LogP contribution in [0, 0.1) is 5.92 Å². The molecule has 0 aliphatic heterocycles. The first-order valence-corrected chi connectivity index (χ1v) is 2.87. The molecular formula is C6H14ClNO2. The smallest absolute Gasteiger partial charge is 0.308 e. The molecule has 0 aromatic heterocycles. The van der Waals surface area contributed by atoms with Gasteiger partial charge in [0.1, 0.15) is 0 Å². The number of carbonyl (C=O) groups is 1. The van der Waals surface area contributed by atoms with E-state index in [9.17, 15) is 4.79 Å². The predicted octanol–water partition coefficient (Wildman–Crippen LogP) is 0.866. The van der Waals surface area contributed by atoms with E-state index in [1.165, 1.54) is 0 Å². The van der Waals surface area contributed by atoms with Gasteiger partial charge in [-0.3, -0.25) is 4.79 Å². The molecule has 62 valence electrons. The maximum atomic E-state index is 10.3. The van der Waals surface area contributed by atoms with Crippen molar-refractivity contribution >= 4 is 18.4 Å². The molecule has 0 bridgehead atoms. The summed E-state index contributed by atoms with van der Waals surface area (Å²) in [5, 5.41) is 8.44. The third-order valence-electron chi connectivity index (χ3n) is 1.49. The summed E-state index contributed by atoms with van der Waals surface area (Å²) in [4.78, 5) is 10.3. The van der Waals surface area contributed by atoms with Crippen molar-refractivity contribution in [3.8, 4) is 0 Å². The van der Waals surface area contributed by atoms with Crippen molar-refractivity contribution in [2.45, 2.75) is 26.3 Å². The summed E-state index contributed by atoms with van der Waals surface area (Å²) in [6, 6.07) is 0. The van der Waals surface area contributed by atoms with Crippen LogP contribution in [0.5, 0.6) is 0 Å². The minimum absolute atomic E-state index is 0. The second-order valence-corrected chi connectivity index (χ2v) is 2.88. The summed E-state index contributed by atoms with van der Waals surface area (Å²) in [5.41, 5.74) is 4.88. The molecule has 0 aromatic rings. The monoisotopic (exact) mass is 167 g/mol. The van der Waals surface area contributed by atoms with Crippen LogP contribution in [0.1, 0.15) is 20.8 Å². The summed E-state index contributed by atoms with van der Waals surface area (Å²) in [6.45, 7) is 5.00. The second-order valence-electron chi connectivity index (χ2n) is 2.88. The van der Waals surface area contributed by atoms with E-state index >= 15 is 0 Å². The van der Waals surface area contributed by atoms with Crippen LogP contribution >= 0.6 is 12.4 Å². The molecule has 10 heavy (non-hydrogen) atoms. The van der Waals surface area contributed by atoms with E-state index in [4.69, 9.17) is 10.8 Å². The molecule has 0 heterocycles. The number of hydrogen-bond donors (Lipinski definition) is 2. The minimum Gasteiger partial charge on any atom is -0.481 e. The van der Waals surface area contributed by atoms with Gasteiger partial charge in [0.15, 0.2) is 0 Å². The Morgan fingerprint density at radius 2 is 1.90 bits per heavy atom. The van der Waals surface area contributed by atoms with Gasteiger partial charge in [-0.1, -0.05) is 6.92 Å². The third-order valence-corrected chi connectivity index (χ3v) is 1.49. The zero-order valence-corrected chi connectivity index (χ0v) is 7.23. The van der Waals surface area contributed by atoms with Crippen LogP contribution in [-0.2, 0) is 4.79 Å². The van der Waals surface area contributed by atoms with Gasteiger partial charge in [0, 0.05) is 5.54 Å². The molecule has 1 unspecified atom stereocenters. The number of rotatable bonds is 2. The van der Waals surface area contributed by atoms with Crippen molar-refractivity contribution in [3.05, 3.63) is 0 Å². The quantitative estimate of drug-likeness (QED) is 0.642. The second kappa shape index (κ2) is 3.78. The fourth-order valence-corrected chi connectivity index (χ4v) is 0.318. The molecule has 0 saturated carbocycles. The Balaban J connectivity index is 0. The molecule has 0 spiro atoms. The fourth-order valence-electron chi connectivity index (χ4n) is 0.318. The highest BCUT2D eigenvalue weighted by atomic mass is 35.5. The Kier molecular flexibility index (Phi) is 4.69. The van der Waals surface area contributed by atoms with E-state index in [0.717, 1.165) is 0 Å². The topological polar surface area (TPSA) is 63.3 Å². The van der Waals surface area contributed by atoms with Gasteiger partial charge in [0.2, 0.25) is 0 Å². The lowest BCUT2D eigenvalue weighted by Crippen LogP contribution is -2.43. The Bertz CT molecular complexity index is 119. The van der Waals surface area contributed by atoms with E-state index < -0.39 is 17.4 Å². The highest BCUT2D eigenvalue weighted by Gasteiger charge is 2.26. The lowest BCUT2D eigenvalue weighted by Gasteiger charge is -2.22. The average Bonchev–Trinajstić information content (AvgIpc) is 1.62. The predicted molar refractivity (Wildman–Crippen MR) is 42.3 cm³/mol. The third kappa shape index (κ3) is 3.69. The Labute approximate surface area is 67.0 Å². The van der Waals surface area contributed by atoms with Crippen molar-refractivity contribution in [3.63, 3.8) is 0 Å². The summed E-state index contributed by atoms with van der Waals surface area (Å²) in [6.07, 6.45) is 0. The molecule has 0 aliphatic carbocycles. The highest BCUT2D eigenvalue weighted by molar-refractivity contribution is 5.85. The van der Waals surface area contributed by atoms with E-state index in [2.05, 4.69) is 0 Å². The molecule has 0 fully saturated rings. The summed E-state index contributed by atoms with van der Waals surface area (Å²) < 4.78 is 0. The molecule has 0 saturated heterocycles. The van der Waals surface area contributed by atoms with E-state index in [0.29, 0.717) is 0 Å². The standard InChI is InChI=1S/C6H13NO2.ClH/c1-4(5(8)9)6(2,3)7;/h4H,7H2,1-3H3,(H,8,9);1H. The van der Waals surface area contributed by atoms with Crippen LogP contribution in [0.4, 0.5) is 0 Å². The number of carboxylic acid groups (broad SMARTS) is 1. The van der Waals surface area contributed by atoms with Gasteiger partial charge in [-0.2, -0.15) is 0 Å². The maximum Gasteiger partial charge on any atom is 0.308 e. The molecule has 0 aliphatic rings.